The van der Waals surface area contributed by atoms with E-state index in [0.717, 1.165) is 11.1 Å². The van der Waals surface area contributed by atoms with Crippen molar-refractivity contribution < 1.29 is 0 Å². The molecule has 0 unspecified atom stereocenters. The van der Waals surface area contributed by atoms with E-state index in [9.17, 15) is 0 Å². The summed E-state index contributed by atoms with van der Waals surface area (Å²) in [6.07, 6.45) is 0. The number of benzene rings is 3. The van der Waals surface area contributed by atoms with Gasteiger partial charge in [0.25, 0.3) is 0 Å². The molecule has 0 heterocycles. The summed E-state index contributed by atoms with van der Waals surface area (Å²) in [6, 6.07) is 18.7. The third-order valence-electron chi connectivity index (χ3n) is 3.47. The standard InChI is InChI=1S/C17H18N4/c1-19-11-20-17(18)21-16-10-12-6-2-3-7-13(12)14-8-4-5-9-15(14)16/h2-10,19H,11H2,1H3,(H3,18,20,21). The van der Waals surface area contributed by atoms with Crippen LogP contribution in [0.2, 0.25) is 0 Å². The molecule has 0 aromatic heterocycles. The minimum atomic E-state index is 0.282. The van der Waals surface area contributed by atoms with E-state index in [0.29, 0.717) is 6.67 Å². The van der Waals surface area contributed by atoms with Crippen LogP contribution in [0.5, 0.6) is 0 Å². The van der Waals surface area contributed by atoms with E-state index >= 15 is 0 Å². The molecule has 21 heavy (non-hydrogen) atoms. The van der Waals surface area contributed by atoms with Crippen LogP contribution in [0, 0.1) is 5.41 Å². The van der Waals surface area contributed by atoms with Crippen LogP contribution in [-0.4, -0.2) is 19.7 Å². The summed E-state index contributed by atoms with van der Waals surface area (Å²) in [5, 5.41) is 21.7. The van der Waals surface area contributed by atoms with Crippen LogP contribution in [0.25, 0.3) is 21.5 Å². The number of hydrogen-bond acceptors (Lipinski definition) is 2. The highest BCUT2D eigenvalue weighted by Gasteiger charge is 2.07. The fourth-order valence-electron chi connectivity index (χ4n) is 2.51. The lowest BCUT2D eigenvalue weighted by molar-refractivity contribution is 0.757. The molecule has 0 fully saturated rings. The third kappa shape index (κ3) is 2.66. The first-order valence-electron chi connectivity index (χ1n) is 6.94. The van der Waals surface area contributed by atoms with Gasteiger partial charge >= 0.3 is 0 Å². The average Bonchev–Trinajstić information content (AvgIpc) is 2.53. The van der Waals surface area contributed by atoms with Crippen LogP contribution in [0.1, 0.15) is 0 Å². The zero-order valence-electron chi connectivity index (χ0n) is 11.9. The molecule has 0 spiro atoms. The predicted octanol–water partition coefficient (Wildman–Crippen LogP) is 3.11. The maximum absolute atomic E-state index is 7.95. The van der Waals surface area contributed by atoms with Crippen molar-refractivity contribution in [2.45, 2.75) is 0 Å². The van der Waals surface area contributed by atoms with Crippen molar-refractivity contribution in [2.75, 3.05) is 19.0 Å². The Morgan fingerprint density at radius 3 is 2.38 bits per heavy atom. The molecule has 0 bridgehead atoms. The summed E-state index contributed by atoms with van der Waals surface area (Å²) in [7, 11) is 1.84. The van der Waals surface area contributed by atoms with Crippen LogP contribution < -0.4 is 16.0 Å². The van der Waals surface area contributed by atoms with Crippen LogP contribution in [0.15, 0.2) is 54.6 Å². The summed E-state index contributed by atoms with van der Waals surface area (Å²) in [4.78, 5) is 0. The Morgan fingerprint density at radius 2 is 1.62 bits per heavy atom. The van der Waals surface area contributed by atoms with Crippen molar-refractivity contribution in [1.82, 2.24) is 10.6 Å². The van der Waals surface area contributed by atoms with Crippen molar-refractivity contribution in [3.05, 3.63) is 54.6 Å². The second kappa shape index (κ2) is 5.81. The molecule has 0 saturated carbocycles. The highest BCUT2D eigenvalue weighted by Crippen LogP contribution is 2.31. The summed E-state index contributed by atoms with van der Waals surface area (Å²) < 4.78 is 0. The maximum atomic E-state index is 7.95. The number of hydrogen-bond donors (Lipinski definition) is 4. The molecule has 4 N–H and O–H groups in total. The number of rotatable bonds is 3. The van der Waals surface area contributed by atoms with Gasteiger partial charge in [-0.05, 0) is 29.3 Å². The summed E-state index contributed by atoms with van der Waals surface area (Å²) in [5.74, 6) is 0.282. The third-order valence-corrected chi connectivity index (χ3v) is 3.47. The highest BCUT2D eigenvalue weighted by molar-refractivity contribution is 6.15. The van der Waals surface area contributed by atoms with E-state index in [2.05, 4.69) is 52.3 Å². The zero-order chi connectivity index (χ0) is 14.7. The van der Waals surface area contributed by atoms with Gasteiger partial charge in [0.2, 0.25) is 0 Å². The van der Waals surface area contributed by atoms with Crippen LogP contribution in [-0.2, 0) is 0 Å². The average molecular weight is 278 g/mol. The van der Waals surface area contributed by atoms with Gasteiger partial charge in [0.15, 0.2) is 5.96 Å². The minimum absolute atomic E-state index is 0.282. The van der Waals surface area contributed by atoms with Gasteiger partial charge in [0.05, 0.1) is 6.67 Å². The number of fused-ring (bicyclic) bond motifs is 3. The largest absolute Gasteiger partial charge is 0.344 e. The predicted molar refractivity (Wildman–Crippen MR) is 89.9 cm³/mol. The molecule has 0 aliphatic rings. The van der Waals surface area contributed by atoms with Crippen molar-refractivity contribution in [1.29, 1.82) is 5.41 Å². The molecule has 0 aliphatic carbocycles. The smallest absolute Gasteiger partial charge is 0.193 e. The lowest BCUT2D eigenvalue weighted by Gasteiger charge is -2.14. The number of guanidine groups is 1. The minimum Gasteiger partial charge on any atom is -0.344 e. The molecule has 0 amide bonds. The monoisotopic (exact) mass is 278 g/mol. The first-order chi connectivity index (χ1) is 10.3. The molecule has 0 saturated heterocycles. The Morgan fingerprint density at radius 1 is 0.952 bits per heavy atom. The first kappa shape index (κ1) is 13.4. The van der Waals surface area contributed by atoms with Gasteiger partial charge in [0, 0.05) is 11.1 Å². The number of nitrogens with one attached hydrogen (secondary N) is 4. The van der Waals surface area contributed by atoms with Gasteiger partial charge in [-0.2, -0.15) is 0 Å². The van der Waals surface area contributed by atoms with Crippen LogP contribution in [0.3, 0.4) is 0 Å². The zero-order valence-corrected chi connectivity index (χ0v) is 11.9. The first-order valence-corrected chi connectivity index (χ1v) is 6.94. The quantitative estimate of drug-likeness (QED) is 0.258. The number of anilines is 1. The van der Waals surface area contributed by atoms with Crippen molar-refractivity contribution in [2.24, 2.45) is 0 Å². The molecular weight excluding hydrogens is 260 g/mol. The van der Waals surface area contributed by atoms with Gasteiger partial charge in [-0.15, -0.1) is 0 Å². The molecule has 0 atom stereocenters. The van der Waals surface area contributed by atoms with Gasteiger partial charge < -0.3 is 16.0 Å². The summed E-state index contributed by atoms with van der Waals surface area (Å²) >= 11 is 0. The highest BCUT2D eigenvalue weighted by atomic mass is 15.2. The fourth-order valence-corrected chi connectivity index (χ4v) is 2.51. The van der Waals surface area contributed by atoms with Gasteiger partial charge in [-0.3, -0.25) is 5.41 Å². The molecule has 106 valence electrons. The molecule has 3 rings (SSSR count). The molecule has 4 nitrogen and oxygen atoms in total. The summed E-state index contributed by atoms with van der Waals surface area (Å²) in [5.41, 5.74) is 0.943. The van der Waals surface area contributed by atoms with Crippen molar-refractivity contribution >= 4 is 33.2 Å². The van der Waals surface area contributed by atoms with Crippen molar-refractivity contribution in [3.8, 4) is 0 Å². The van der Waals surface area contributed by atoms with Crippen molar-refractivity contribution in [3.63, 3.8) is 0 Å². The SMILES string of the molecule is CNCNC(=N)Nc1cc2ccccc2c2ccccc12. The molecule has 4 heteroatoms. The van der Waals surface area contributed by atoms with Crippen LogP contribution >= 0.6 is 0 Å². The van der Waals surface area contributed by atoms with Crippen LogP contribution in [0.4, 0.5) is 5.69 Å². The Balaban J connectivity index is 2.10. The lowest BCUT2D eigenvalue weighted by Crippen LogP contribution is -2.35. The molecule has 0 radical (unpaired) electrons. The van der Waals surface area contributed by atoms with Gasteiger partial charge in [-0.25, -0.2) is 0 Å². The van der Waals surface area contributed by atoms with Gasteiger partial charge in [-0.1, -0.05) is 48.5 Å². The van der Waals surface area contributed by atoms with E-state index in [1.165, 1.54) is 16.2 Å². The normalized spacial score (nSPS) is 10.7. The summed E-state index contributed by atoms with van der Waals surface area (Å²) in [6.45, 7) is 0.553. The van der Waals surface area contributed by atoms with E-state index < -0.39 is 0 Å². The topological polar surface area (TPSA) is 59.9 Å². The lowest BCUT2D eigenvalue weighted by atomic mass is 10.0. The molecule has 3 aromatic rings. The molecular formula is C17H18N4. The van der Waals surface area contributed by atoms with Gasteiger partial charge in [0.1, 0.15) is 0 Å². The second-order valence-corrected chi connectivity index (χ2v) is 4.90. The fraction of sp³-hybridized carbons (Fsp3) is 0.118. The van der Waals surface area contributed by atoms with E-state index in [-0.39, 0.29) is 5.96 Å². The molecule has 0 aliphatic heterocycles. The maximum Gasteiger partial charge on any atom is 0.193 e. The Kier molecular flexibility index (Phi) is 3.71. The Bertz CT molecular complexity index is 795. The van der Waals surface area contributed by atoms with E-state index in [4.69, 9.17) is 5.41 Å². The Labute approximate surface area is 123 Å². The Hall–Kier alpha value is -2.59. The molecule has 3 aromatic carbocycles. The second-order valence-electron chi connectivity index (χ2n) is 4.90. The van der Waals surface area contributed by atoms with E-state index in [1.54, 1.807) is 0 Å². The van der Waals surface area contributed by atoms with E-state index in [1.807, 2.05) is 25.2 Å².